The van der Waals surface area contributed by atoms with Crippen molar-refractivity contribution in [2.45, 2.75) is 31.1 Å². The molecule has 1 aliphatic carbocycles. The Bertz CT molecular complexity index is 295. The Labute approximate surface area is 98.0 Å². The van der Waals surface area contributed by atoms with Gasteiger partial charge in [-0.3, -0.25) is 4.98 Å². The fourth-order valence-electron chi connectivity index (χ4n) is 1.53. The first-order chi connectivity index (χ1) is 6.75. The maximum atomic E-state index is 6.22. The summed E-state index contributed by atoms with van der Waals surface area (Å²) in [5.41, 5.74) is 1.14. The fraction of sp³-hybridized carbons (Fsp3) is 0.545. The normalized spacial score (nSPS) is 18.1. The Morgan fingerprint density at radius 1 is 1.50 bits per heavy atom. The van der Waals surface area contributed by atoms with E-state index in [2.05, 4.69) is 27.0 Å². The Kier molecular flexibility index (Phi) is 3.45. The van der Waals surface area contributed by atoms with Crippen molar-refractivity contribution in [1.82, 2.24) is 4.98 Å². The van der Waals surface area contributed by atoms with Crippen LogP contribution in [0.5, 0.6) is 0 Å². The summed E-state index contributed by atoms with van der Waals surface area (Å²) in [6.07, 6.45) is 6.54. The van der Waals surface area contributed by atoms with Crippen LogP contribution in [0.25, 0.3) is 0 Å². The number of hydrogen-bond acceptors (Lipinski definition) is 1. The van der Waals surface area contributed by atoms with Crippen LogP contribution in [-0.4, -0.2) is 10.4 Å². The van der Waals surface area contributed by atoms with Gasteiger partial charge >= 0.3 is 0 Å². The van der Waals surface area contributed by atoms with E-state index in [-0.39, 0.29) is 0 Å². The molecule has 1 heterocycles. The molecule has 0 N–H and O–H groups in total. The molecule has 1 fully saturated rings. The van der Waals surface area contributed by atoms with E-state index < -0.39 is 0 Å². The van der Waals surface area contributed by atoms with E-state index >= 15 is 0 Å². The third-order valence-corrected chi connectivity index (χ3v) is 3.64. The van der Waals surface area contributed by atoms with Crippen LogP contribution in [0.4, 0.5) is 0 Å². The summed E-state index contributed by atoms with van der Waals surface area (Å²) < 4.78 is 1.03. The molecule has 1 nitrogen and oxygen atoms in total. The molecule has 0 saturated heterocycles. The molecule has 14 heavy (non-hydrogen) atoms. The quantitative estimate of drug-likeness (QED) is 0.761. The molecule has 2 rings (SSSR count). The summed E-state index contributed by atoms with van der Waals surface area (Å²) in [5.74, 6) is 0.784. The number of pyridine rings is 1. The third-order valence-electron chi connectivity index (χ3n) is 2.60. The zero-order valence-corrected chi connectivity index (χ0v) is 10.3. The summed E-state index contributed by atoms with van der Waals surface area (Å²) in [4.78, 5) is 4.32. The molecule has 1 aliphatic rings. The summed E-state index contributed by atoms with van der Waals surface area (Å²) in [6, 6.07) is 4.09. The van der Waals surface area contributed by atoms with Gasteiger partial charge in [-0.25, -0.2) is 0 Å². The first kappa shape index (κ1) is 10.4. The van der Waals surface area contributed by atoms with Crippen LogP contribution in [0, 0.1) is 5.92 Å². The van der Waals surface area contributed by atoms with Crippen molar-refractivity contribution in [3.63, 3.8) is 0 Å². The smallest absolute Gasteiger partial charge is 0.0413 e. The van der Waals surface area contributed by atoms with Gasteiger partial charge in [0, 0.05) is 21.7 Å². The van der Waals surface area contributed by atoms with Crippen molar-refractivity contribution in [2.24, 2.45) is 5.92 Å². The topological polar surface area (TPSA) is 12.9 Å². The molecule has 0 aliphatic heterocycles. The molecule has 1 atom stereocenters. The molecule has 0 amide bonds. The van der Waals surface area contributed by atoms with Crippen LogP contribution >= 0.6 is 27.5 Å². The first-order valence-corrected chi connectivity index (χ1v) is 6.23. The van der Waals surface area contributed by atoms with Gasteiger partial charge in [0.25, 0.3) is 0 Å². The maximum Gasteiger partial charge on any atom is 0.0413 e. The molecule has 0 bridgehead atoms. The van der Waals surface area contributed by atoms with Gasteiger partial charge in [0.15, 0.2) is 0 Å². The van der Waals surface area contributed by atoms with Gasteiger partial charge in [0.1, 0.15) is 0 Å². The van der Waals surface area contributed by atoms with Crippen molar-refractivity contribution in [3.05, 3.63) is 28.5 Å². The predicted octanol–water partition coefficient (Wildman–Crippen LogP) is 3.79. The summed E-state index contributed by atoms with van der Waals surface area (Å²) >= 11 is 9.59. The van der Waals surface area contributed by atoms with Crippen molar-refractivity contribution < 1.29 is 0 Å². The summed E-state index contributed by atoms with van der Waals surface area (Å²) in [7, 11) is 0. The lowest BCUT2D eigenvalue weighted by Crippen LogP contribution is -2.03. The summed E-state index contributed by atoms with van der Waals surface area (Å²) in [6.45, 7) is 0. The number of nitrogens with zero attached hydrogens (tertiary/aromatic N) is 1. The molecule has 0 radical (unpaired) electrons. The average Bonchev–Trinajstić information content (AvgIpc) is 3.00. The van der Waals surface area contributed by atoms with Crippen LogP contribution in [0.2, 0.25) is 0 Å². The van der Waals surface area contributed by atoms with E-state index in [1.54, 1.807) is 0 Å². The lowest BCUT2D eigenvalue weighted by molar-refractivity contribution is 0.669. The minimum atomic E-state index is 0.362. The molecule has 1 aromatic rings. The van der Waals surface area contributed by atoms with Crippen molar-refractivity contribution in [2.75, 3.05) is 0 Å². The fourth-order valence-corrected chi connectivity index (χ4v) is 2.13. The highest BCUT2D eigenvalue weighted by atomic mass is 79.9. The van der Waals surface area contributed by atoms with Gasteiger partial charge in [-0.2, -0.15) is 0 Å². The van der Waals surface area contributed by atoms with Crippen LogP contribution in [0.15, 0.2) is 22.8 Å². The number of hydrogen-bond donors (Lipinski definition) is 0. The van der Waals surface area contributed by atoms with Crippen LogP contribution in [0.1, 0.15) is 25.0 Å². The SMILES string of the molecule is ClC(CCc1ccc(Br)cn1)C1CC1. The standard InChI is InChI=1S/C11H13BrClN/c12-9-3-4-10(14-7-9)5-6-11(13)8-1-2-8/h3-4,7-8,11H,1-2,5-6H2. The average molecular weight is 275 g/mol. The highest BCUT2D eigenvalue weighted by Crippen LogP contribution is 2.37. The lowest BCUT2D eigenvalue weighted by Gasteiger charge is -2.06. The Hall–Kier alpha value is -0.0800. The van der Waals surface area contributed by atoms with Gasteiger partial charge < -0.3 is 0 Å². The number of aromatic nitrogens is 1. The van der Waals surface area contributed by atoms with E-state index in [0.29, 0.717) is 5.38 Å². The monoisotopic (exact) mass is 273 g/mol. The maximum absolute atomic E-state index is 6.22. The molecule has 76 valence electrons. The number of alkyl halides is 1. The highest BCUT2D eigenvalue weighted by molar-refractivity contribution is 9.10. The molecule has 0 spiro atoms. The molecular formula is C11H13BrClN. The Morgan fingerprint density at radius 3 is 2.86 bits per heavy atom. The van der Waals surface area contributed by atoms with Crippen molar-refractivity contribution in [3.8, 4) is 0 Å². The molecular weight excluding hydrogens is 261 g/mol. The zero-order valence-electron chi connectivity index (χ0n) is 7.92. The summed E-state index contributed by atoms with van der Waals surface area (Å²) in [5, 5.41) is 0.362. The second kappa shape index (κ2) is 4.63. The predicted molar refractivity (Wildman–Crippen MR) is 62.6 cm³/mol. The second-order valence-corrected chi connectivity index (χ2v) is 5.34. The first-order valence-electron chi connectivity index (χ1n) is 5.00. The molecule has 3 heteroatoms. The van der Waals surface area contributed by atoms with Crippen molar-refractivity contribution >= 4 is 27.5 Å². The number of halogens is 2. The zero-order chi connectivity index (χ0) is 9.97. The van der Waals surface area contributed by atoms with Gasteiger partial charge in [0.2, 0.25) is 0 Å². The Balaban J connectivity index is 1.82. The van der Waals surface area contributed by atoms with Crippen molar-refractivity contribution in [1.29, 1.82) is 0 Å². The Morgan fingerprint density at radius 2 is 2.29 bits per heavy atom. The molecule has 1 saturated carbocycles. The van der Waals surface area contributed by atoms with E-state index in [9.17, 15) is 0 Å². The minimum absolute atomic E-state index is 0.362. The lowest BCUT2D eigenvalue weighted by atomic mass is 10.1. The second-order valence-electron chi connectivity index (χ2n) is 3.86. The van der Waals surface area contributed by atoms with E-state index in [0.717, 1.165) is 28.9 Å². The van der Waals surface area contributed by atoms with Crippen LogP contribution in [-0.2, 0) is 6.42 Å². The van der Waals surface area contributed by atoms with Gasteiger partial charge in [-0.15, -0.1) is 11.6 Å². The van der Waals surface area contributed by atoms with Gasteiger partial charge in [-0.05, 0) is 59.7 Å². The third kappa shape index (κ3) is 2.96. The molecule has 0 aromatic carbocycles. The number of aryl methyl sites for hydroxylation is 1. The van der Waals surface area contributed by atoms with Gasteiger partial charge in [-0.1, -0.05) is 0 Å². The van der Waals surface area contributed by atoms with E-state index in [1.807, 2.05) is 12.3 Å². The van der Waals surface area contributed by atoms with Crippen LogP contribution < -0.4 is 0 Å². The molecule has 1 aromatic heterocycles. The molecule has 1 unspecified atom stereocenters. The minimum Gasteiger partial charge on any atom is -0.260 e. The largest absolute Gasteiger partial charge is 0.260 e. The van der Waals surface area contributed by atoms with E-state index in [4.69, 9.17) is 11.6 Å². The highest BCUT2D eigenvalue weighted by Gasteiger charge is 2.29. The van der Waals surface area contributed by atoms with Crippen LogP contribution in [0.3, 0.4) is 0 Å². The van der Waals surface area contributed by atoms with E-state index in [1.165, 1.54) is 12.8 Å². The van der Waals surface area contributed by atoms with Gasteiger partial charge in [0.05, 0.1) is 0 Å². The number of rotatable bonds is 4.